The first-order valence-electron chi connectivity index (χ1n) is 8.82. The van der Waals surface area contributed by atoms with Gasteiger partial charge in [0.25, 0.3) is 0 Å². The van der Waals surface area contributed by atoms with Gasteiger partial charge in [-0.3, -0.25) is 9.10 Å². The van der Waals surface area contributed by atoms with Gasteiger partial charge in [-0.25, -0.2) is 8.42 Å². The SMILES string of the molecule is CN(C)c1ccc(N(CCNC(=O)C2CCCCC2)S(C)(=O)=O)cc1. The zero-order chi connectivity index (χ0) is 18.4. The quantitative estimate of drug-likeness (QED) is 0.802. The third-order valence-corrected chi connectivity index (χ3v) is 5.84. The number of hydrogen-bond donors (Lipinski definition) is 1. The Morgan fingerprint density at radius 3 is 2.16 bits per heavy atom. The van der Waals surface area contributed by atoms with Crippen molar-refractivity contribution < 1.29 is 13.2 Å². The number of carbonyl (C=O) groups excluding carboxylic acids is 1. The van der Waals surface area contributed by atoms with Crippen LogP contribution in [0.15, 0.2) is 24.3 Å². The van der Waals surface area contributed by atoms with Crippen molar-refractivity contribution in [2.45, 2.75) is 32.1 Å². The van der Waals surface area contributed by atoms with Crippen molar-refractivity contribution in [1.82, 2.24) is 5.32 Å². The van der Waals surface area contributed by atoms with Crippen LogP contribution in [0.3, 0.4) is 0 Å². The second-order valence-electron chi connectivity index (χ2n) is 6.87. The van der Waals surface area contributed by atoms with Gasteiger partial charge >= 0.3 is 0 Å². The van der Waals surface area contributed by atoms with Crippen LogP contribution in [-0.4, -0.2) is 47.8 Å². The van der Waals surface area contributed by atoms with Gasteiger partial charge in [0.1, 0.15) is 0 Å². The Morgan fingerprint density at radius 1 is 1.08 bits per heavy atom. The largest absolute Gasteiger partial charge is 0.378 e. The Hall–Kier alpha value is -1.76. The molecule has 0 radical (unpaired) electrons. The van der Waals surface area contributed by atoms with Crippen LogP contribution in [0.4, 0.5) is 11.4 Å². The molecule has 0 heterocycles. The van der Waals surface area contributed by atoms with Crippen molar-refractivity contribution in [3.05, 3.63) is 24.3 Å². The molecule has 1 amide bonds. The molecule has 0 saturated heterocycles. The maximum absolute atomic E-state index is 12.2. The monoisotopic (exact) mass is 367 g/mol. The highest BCUT2D eigenvalue weighted by atomic mass is 32.2. The van der Waals surface area contributed by atoms with Crippen LogP contribution in [0.1, 0.15) is 32.1 Å². The molecule has 1 aliphatic rings. The van der Waals surface area contributed by atoms with E-state index in [0.29, 0.717) is 12.2 Å². The molecule has 0 bridgehead atoms. The van der Waals surface area contributed by atoms with Gasteiger partial charge in [0.05, 0.1) is 18.5 Å². The van der Waals surface area contributed by atoms with Gasteiger partial charge < -0.3 is 10.2 Å². The molecule has 1 aromatic rings. The van der Waals surface area contributed by atoms with Gasteiger partial charge in [0, 0.05) is 32.2 Å². The lowest BCUT2D eigenvalue weighted by atomic mass is 9.89. The zero-order valence-electron chi connectivity index (χ0n) is 15.4. The summed E-state index contributed by atoms with van der Waals surface area (Å²) >= 11 is 0. The van der Waals surface area contributed by atoms with E-state index >= 15 is 0 Å². The molecular formula is C18H29N3O3S. The molecule has 1 N–H and O–H groups in total. The third kappa shape index (κ3) is 5.63. The van der Waals surface area contributed by atoms with Crippen molar-refractivity contribution in [3.8, 4) is 0 Å². The first-order chi connectivity index (χ1) is 11.8. The average Bonchev–Trinajstić information content (AvgIpc) is 2.58. The average molecular weight is 368 g/mol. The van der Waals surface area contributed by atoms with Crippen LogP contribution in [0.25, 0.3) is 0 Å². The van der Waals surface area contributed by atoms with Crippen LogP contribution in [0.5, 0.6) is 0 Å². The summed E-state index contributed by atoms with van der Waals surface area (Å²) in [6, 6.07) is 7.35. The number of hydrogen-bond acceptors (Lipinski definition) is 4. The van der Waals surface area contributed by atoms with E-state index in [9.17, 15) is 13.2 Å². The summed E-state index contributed by atoms with van der Waals surface area (Å²) in [7, 11) is 0.464. The van der Waals surface area contributed by atoms with E-state index in [1.165, 1.54) is 17.0 Å². The lowest BCUT2D eigenvalue weighted by molar-refractivity contribution is -0.125. The number of nitrogens with one attached hydrogen (secondary N) is 1. The molecule has 0 aromatic heterocycles. The van der Waals surface area contributed by atoms with E-state index in [0.717, 1.165) is 31.4 Å². The van der Waals surface area contributed by atoms with E-state index in [4.69, 9.17) is 0 Å². The standard InChI is InChI=1S/C18H29N3O3S/c1-20(2)16-9-11-17(12-10-16)21(25(3,23)24)14-13-19-18(22)15-7-5-4-6-8-15/h9-12,15H,4-8,13-14H2,1-3H3,(H,19,22). The summed E-state index contributed by atoms with van der Waals surface area (Å²) in [6.07, 6.45) is 6.48. The summed E-state index contributed by atoms with van der Waals surface area (Å²) < 4.78 is 25.6. The maximum atomic E-state index is 12.2. The maximum Gasteiger partial charge on any atom is 0.232 e. The molecule has 140 valence electrons. The van der Waals surface area contributed by atoms with Crippen molar-refractivity contribution >= 4 is 27.3 Å². The molecule has 2 rings (SSSR count). The molecule has 1 saturated carbocycles. The number of anilines is 2. The first kappa shape index (κ1) is 19.6. The van der Waals surface area contributed by atoms with Gasteiger partial charge in [-0.2, -0.15) is 0 Å². The van der Waals surface area contributed by atoms with Gasteiger partial charge in [-0.1, -0.05) is 19.3 Å². The highest BCUT2D eigenvalue weighted by Gasteiger charge is 2.22. The van der Waals surface area contributed by atoms with Crippen LogP contribution in [0.2, 0.25) is 0 Å². The normalized spacial score (nSPS) is 15.6. The van der Waals surface area contributed by atoms with Crippen LogP contribution < -0.4 is 14.5 Å². The molecular weight excluding hydrogens is 338 g/mol. The molecule has 0 aliphatic heterocycles. The van der Waals surface area contributed by atoms with E-state index in [-0.39, 0.29) is 18.4 Å². The second kappa shape index (κ2) is 8.56. The molecule has 6 nitrogen and oxygen atoms in total. The minimum absolute atomic E-state index is 0.0520. The second-order valence-corrected chi connectivity index (χ2v) is 8.78. The number of nitrogens with zero attached hydrogens (tertiary/aromatic N) is 2. The number of carbonyl (C=O) groups is 1. The topological polar surface area (TPSA) is 69.7 Å². The fourth-order valence-electron chi connectivity index (χ4n) is 3.19. The fraction of sp³-hybridized carbons (Fsp3) is 0.611. The highest BCUT2D eigenvalue weighted by Crippen LogP contribution is 2.24. The predicted molar refractivity (Wildman–Crippen MR) is 103 cm³/mol. The molecule has 7 heteroatoms. The lowest BCUT2D eigenvalue weighted by Gasteiger charge is -2.25. The number of amides is 1. The minimum Gasteiger partial charge on any atom is -0.378 e. The molecule has 0 unspecified atom stereocenters. The summed E-state index contributed by atoms with van der Waals surface area (Å²) in [6.45, 7) is 0.552. The summed E-state index contributed by atoms with van der Waals surface area (Å²) in [5.41, 5.74) is 1.61. The molecule has 25 heavy (non-hydrogen) atoms. The smallest absolute Gasteiger partial charge is 0.232 e. The van der Waals surface area contributed by atoms with Gasteiger partial charge in [-0.15, -0.1) is 0 Å². The Morgan fingerprint density at radius 2 is 1.64 bits per heavy atom. The van der Waals surface area contributed by atoms with Crippen molar-refractivity contribution in [2.75, 3.05) is 42.6 Å². The predicted octanol–water partition coefficient (Wildman–Crippen LogP) is 2.22. The minimum atomic E-state index is -3.41. The summed E-state index contributed by atoms with van der Waals surface area (Å²) in [5.74, 6) is 0.135. The number of rotatable bonds is 7. The molecule has 1 aliphatic carbocycles. The Labute approximate surface area is 151 Å². The van der Waals surface area contributed by atoms with Gasteiger partial charge in [-0.05, 0) is 37.1 Å². The Balaban J connectivity index is 1.97. The van der Waals surface area contributed by atoms with E-state index in [1.54, 1.807) is 12.1 Å². The molecule has 1 fully saturated rings. The summed E-state index contributed by atoms with van der Waals surface area (Å²) in [4.78, 5) is 14.2. The van der Waals surface area contributed by atoms with Gasteiger partial charge in [0.2, 0.25) is 15.9 Å². The lowest BCUT2D eigenvalue weighted by Crippen LogP contribution is -2.40. The first-order valence-corrected chi connectivity index (χ1v) is 10.7. The van der Waals surface area contributed by atoms with Gasteiger partial charge in [0.15, 0.2) is 0 Å². The molecule has 1 aromatic carbocycles. The Kier molecular flexibility index (Phi) is 6.70. The van der Waals surface area contributed by atoms with E-state index < -0.39 is 10.0 Å². The molecule has 0 spiro atoms. The fourth-order valence-corrected chi connectivity index (χ4v) is 4.12. The van der Waals surface area contributed by atoms with Crippen molar-refractivity contribution in [1.29, 1.82) is 0 Å². The Bertz CT molecular complexity index is 665. The summed E-state index contributed by atoms with van der Waals surface area (Å²) in [5, 5.41) is 2.90. The van der Waals surface area contributed by atoms with Crippen molar-refractivity contribution in [3.63, 3.8) is 0 Å². The van der Waals surface area contributed by atoms with Crippen LogP contribution in [0, 0.1) is 5.92 Å². The zero-order valence-corrected chi connectivity index (χ0v) is 16.2. The van der Waals surface area contributed by atoms with Crippen LogP contribution in [-0.2, 0) is 14.8 Å². The highest BCUT2D eigenvalue weighted by molar-refractivity contribution is 7.92. The number of benzene rings is 1. The van der Waals surface area contributed by atoms with E-state index in [2.05, 4.69) is 5.32 Å². The molecule has 0 atom stereocenters. The third-order valence-electron chi connectivity index (χ3n) is 4.64. The van der Waals surface area contributed by atoms with Crippen LogP contribution >= 0.6 is 0 Å². The van der Waals surface area contributed by atoms with Crippen molar-refractivity contribution in [2.24, 2.45) is 5.92 Å². The number of sulfonamides is 1. The van der Waals surface area contributed by atoms with E-state index in [1.807, 2.05) is 31.1 Å².